The number of aliphatic carboxylic acids is 1. The van der Waals surface area contributed by atoms with Crippen molar-refractivity contribution in [1.82, 2.24) is 14.9 Å². The van der Waals surface area contributed by atoms with Crippen LogP contribution in [0.25, 0.3) is 0 Å². The van der Waals surface area contributed by atoms with E-state index in [1.807, 2.05) is 6.92 Å². The molecule has 1 aromatic carbocycles. The lowest BCUT2D eigenvalue weighted by atomic mass is 10.0. The van der Waals surface area contributed by atoms with E-state index in [0.29, 0.717) is 29.3 Å². The van der Waals surface area contributed by atoms with E-state index >= 15 is 0 Å². The van der Waals surface area contributed by atoms with Crippen molar-refractivity contribution in [3.63, 3.8) is 0 Å². The first-order chi connectivity index (χ1) is 11.5. The Hall–Kier alpha value is -2.67. The van der Waals surface area contributed by atoms with Gasteiger partial charge in [0, 0.05) is 25.1 Å². The van der Waals surface area contributed by atoms with Crippen LogP contribution in [0.4, 0.5) is 0 Å². The number of benzene rings is 1. The van der Waals surface area contributed by atoms with Gasteiger partial charge < -0.3 is 14.6 Å². The molecular formula is C17H21N3O4. The summed E-state index contributed by atoms with van der Waals surface area (Å²) in [5, 5.41) is 9.80. The molecule has 0 bridgehead atoms. The monoisotopic (exact) mass is 331 g/mol. The second-order valence-electron chi connectivity index (χ2n) is 5.44. The van der Waals surface area contributed by atoms with Gasteiger partial charge in [-0.15, -0.1) is 0 Å². The molecule has 0 radical (unpaired) electrons. The van der Waals surface area contributed by atoms with Gasteiger partial charge in [-0.3, -0.25) is 19.7 Å². The minimum absolute atomic E-state index is 0.324. The lowest BCUT2D eigenvalue weighted by Crippen LogP contribution is -2.31. The molecule has 0 aliphatic carbocycles. The van der Waals surface area contributed by atoms with Gasteiger partial charge in [0.2, 0.25) is 0 Å². The zero-order valence-corrected chi connectivity index (χ0v) is 14.2. The maximum atomic E-state index is 12.0. The summed E-state index contributed by atoms with van der Waals surface area (Å²) in [6.45, 7) is 2.22. The molecule has 2 rings (SSSR count). The van der Waals surface area contributed by atoms with Gasteiger partial charge in [0.05, 0.1) is 25.5 Å². The van der Waals surface area contributed by atoms with Gasteiger partial charge in [-0.05, 0) is 31.7 Å². The summed E-state index contributed by atoms with van der Waals surface area (Å²) in [6.07, 6.45) is 4.76. The normalized spacial score (nSPS) is 12.0. The largest absolute Gasteiger partial charge is 0.496 e. The quantitative estimate of drug-likeness (QED) is 0.831. The topological polar surface area (TPSA) is 84.8 Å². The van der Waals surface area contributed by atoms with Crippen molar-refractivity contribution < 1.29 is 19.4 Å². The molecule has 24 heavy (non-hydrogen) atoms. The number of carboxylic acid groups (broad SMARTS) is 1. The van der Waals surface area contributed by atoms with Crippen molar-refractivity contribution in [3.05, 3.63) is 47.5 Å². The number of aromatic nitrogens is 2. The van der Waals surface area contributed by atoms with Crippen LogP contribution in [-0.2, 0) is 11.3 Å². The van der Waals surface area contributed by atoms with E-state index < -0.39 is 12.0 Å². The Morgan fingerprint density at radius 3 is 2.33 bits per heavy atom. The molecule has 1 atom stereocenters. The molecule has 1 N–H and O–H groups in total. The van der Waals surface area contributed by atoms with Crippen LogP contribution in [0.15, 0.2) is 30.7 Å². The highest BCUT2D eigenvalue weighted by Crippen LogP contribution is 2.38. The molecule has 128 valence electrons. The molecule has 0 saturated carbocycles. The standard InChI is InChI=1S/C17H21N3O4/c1-11-7-13(23-3)15(14(8-11)24-4)16(17(21)22)20(2)10-12-9-18-5-6-19-12/h5-9,16H,10H2,1-4H3,(H,21,22)/t16-/m0/s1. The van der Waals surface area contributed by atoms with Gasteiger partial charge in [0.1, 0.15) is 17.5 Å². The Labute approximate surface area is 140 Å². The summed E-state index contributed by atoms with van der Waals surface area (Å²) in [7, 11) is 4.74. The molecular weight excluding hydrogens is 310 g/mol. The number of rotatable bonds is 7. The van der Waals surface area contributed by atoms with Gasteiger partial charge in [-0.2, -0.15) is 0 Å². The van der Waals surface area contributed by atoms with Crippen LogP contribution >= 0.6 is 0 Å². The highest BCUT2D eigenvalue weighted by atomic mass is 16.5. The first kappa shape index (κ1) is 17.7. The molecule has 0 amide bonds. The number of aryl methyl sites for hydroxylation is 1. The van der Waals surface area contributed by atoms with Gasteiger partial charge >= 0.3 is 5.97 Å². The van der Waals surface area contributed by atoms with Crippen LogP contribution in [-0.4, -0.2) is 47.2 Å². The van der Waals surface area contributed by atoms with Crippen molar-refractivity contribution in [2.75, 3.05) is 21.3 Å². The summed E-state index contributed by atoms with van der Waals surface area (Å²) < 4.78 is 10.8. The number of carboxylic acids is 1. The van der Waals surface area contributed by atoms with Crippen LogP contribution in [0.5, 0.6) is 11.5 Å². The molecule has 2 aromatic rings. The molecule has 0 aliphatic rings. The Bertz CT molecular complexity index is 681. The van der Waals surface area contributed by atoms with Crippen molar-refractivity contribution in [3.8, 4) is 11.5 Å². The third-order valence-corrected chi connectivity index (χ3v) is 3.66. The highest BCUT2D eigenvalue weighted by molar-refractivity contribution is 5.78. The number of hydrogen-bond donors (Lipinski definition) is 1. The van der Waals surface area contributed by atoms with Crippen molar-refractivity contribution >= 4 is 5.97 Å². The van der Waals surface area contributed by atoms with E-state index in [-0.39, 0.29) is 0 Å². The van der Waals surface area contributed by atoms with E-state index in [9.17, 15) is 9.90 Å². The van der Waals surface area contributed by atoms with E-state index in [4.69, 9.17) is 9.47 Å². The van der Waals surface area contributed by atoms with Crippen LogP contribution in [0.1, 0.15) is 22.9 Å². The number of likely N-dealkylation sites (N-methyl/N-ethyl adjacent to an activating group) is 1. The van der Waals surface area contributed by atoms with Crippen molar-refractivity contribution in [1.29, 1.82) is 0 Å². The predicted molar refractivity (Wildman–Crippen MR) is 88.2 cm³/mol. The number of hydrogen-bond acceptors (Lipinski definition) is 6. The molecule has 1 heterocycles. The second kappa shape index (κ2) is 7.74. The molecule has 0 saturated heterocycles. The number of ether oxygens (including phenoxy) is 2. The Morgan fingerprint density at radius 1 is 1.25 bits per heavy atom. The molecule has 7 nitrogen and oxygen atoms in total. The maximum absolute atomic E-state index is 12.0. The maximum Gasteiger partial charge on any atom is 0.325 e. The summed E-state index contributed by atoms with van der Waals surface area (Å²) in [5.74, 6) is -0.0441. The minimum Gasteiger partial charge on any atom is -0.496 e. The minimum atomic E-state index is -0.998. The fraction of sp³-hybridized carbons (Fsp3) is 0.353. The number of methoxy groups -OCH3 is 2. The fourth-order valence-corrected chi connectivity index (χ4v) is 2.63. The van der Waals surface area contributed by atoms with E-state index in [2.05, 4.69) is 9.97 Å². The smallest absolute Gasteiger partial charge is 0.325 e. The average molecular weight is 331 g/mol. The van der Waals surface area contributed by atoms with Crippen LogP contribution in [0, 0.1) is 6.92 Å². The molecule has 0 fully saturated rings. The van der Waals surface area contributed by atoms with E-state index in [1.165, 1.54) is 14.2 Å². The molecule has 1 aromatic heterocycles. The summed E-state index contributed by atoms with van der Waals surface area (Å²) >= 11 is 0. The van der Waals surface area contributed by atoms with E-state index in [0.717, 1.165) is 5.56 Å². The SMILES string of the molecule is COc1cc(C)cc(OC)c1[C@@H](C(=O)O)N(C)Cc1cnccn1. The summed E-state index contributed by atoms with van der Waals surface area (Å²) in [6, 6.07) is 2.64. The molecule has 0 aliphatic heterocycles. The molecule has 7 heteroatoms. The lowest BCUT2D eigenvalue weighted by molar-refractivity contribution is -0.143. The van der Waals surface area contributed by atoms with Crippen molar-refractivity contribution in [2.45, 2.75) is 19.5 Å². The van der Waals surface area contributed by atoms with Crippen LogP contribution in [0.2, 0.25) is 0 Å². The summed E-state index contributed by atoms with van der Waals surface area (Å²) in [4.78, 5) is 21.8. The third kappa shape index (κ3) is 3.80. The van der Waals surface area contributed by atoms with Gasteiger partial charge in [0.15, 0.2) is 0 Å². The first-order valence-corrected chi connectivity index (χ1v) is 7.38. The van der Waals surface area contributed by atoms with Crippen LogP contribution in [0.3, 0.4) is 0 Å². The van der Waals surface area contributed by atoms with Gasteiger partial charge in [-0.25, -0.2) is 0 Å². The van der Waals surface area contributed by atoms with Crippen molar-refractivity contribution in [2.24, 2.45) is 0 Å². The summed E-state index contributed by atoms with van der Waals surface area (Å²) in [5.41, 5.74) is 2.08. The first-order valence-electron chi connectivity index (χ1n) is 7.38. The zero-order chi connectivity index (χ0) is 17.7. The number of nitrogens with zero attached hydrogens (tertiary/aromatic N) is 3. The third-order valence-electron chi connectivity index (χ3n) is 3.66. The average Bonchev–Trinajstić information content (AvgIpc) is 2.56. The lowest BCUT2D eigenvalue weighted by Gasteiger charge is -2.27. The fourth-order valence-electron chi connectivity index (χ4n) is 2.63. The second-order valence-corrected chi connectivity index (χ2v) is 5.44. The molecule has 0 unspecified atom stereocenters. The van der Waals surface area contributed by atoms with Gasteiger partial charge in [0.25, 0.3) is 0 Å². The van der Waals surface area contributed by atoms with Crippen LogP contribution < -0.4 is 9.47 Å². The molecule has 0 spiro atoms. The Kier molecular flexibility index (Phi) is 5.70. The van der Waals surface area contributed by atoms with Gasteiger partial charge in [-0.1, -0.05) is 0 Å². The number of carbonyl (C=O) groups is 1. The van der Waals surface area contributed by atoms with E-state index in [1.54, 1.807) is 42.7 Å². The predicted octanol–water partition coefficient (Wildman–Crippen LogP) is 2.06. The Morgan fingerprint density at radius 2 is 1.88 bits per heavy atom. The highest BCUT2D eigenvalue weighted by Gasteiger charge is 2.31. The Balaban J connectivity index is 2.46. The zero-order valence-electron chi connectivity index (χ0n) is 14.2.